The minimum absolute atomic E-state index is 0.0112. The zero-order valence-corrected chi connectivity index (χ0v) is 10.6. The molecule has 1 saturated heterocycles. The topological polar surface area (TPSA) is 68.8 Å². The van der Waals surface area contributed by atoms with E-state index in [1.54, 1.807) is 25.3 Å². The van der Waals surface area contributed by atoms with Gasteiger partial charge in [0.2, 0.25) is 6.79 Å². The van der Waals surface area contributed by atoms with E-state index in [0.29, 0.717) is 17.1 Å². The van der Waals surface area contributed by atoms with Crippen molar-refractivity contribution in [1.29, 1.82) is 0 Å². The van der Waals surface area contributed by atoms with Crippen LogP contribution in [0, 0.1) is 0 Å². The van der Waals surface area contributed by atoms with Gasteiger partial charge in [0.15, 0.2) is 11.5 Å². The molecule has 0 radical (unpaired) electrons. The maximum Gasteiger partial charge on any atom is 0.251 e. The van der Waals surface area contributed by atoms with Crippen molar-refractivity contribution in [2.75, 3.05) is 27.0 Å². The number of carbonyl (C=O) groups excluding carboxylic acids is 1. The molecule has 1 unspecified atom stereocenters. The highest BCUT2D eigenvalue weighted by molar-refractivity contribution is 5.95. The SMILES string of the molecule is CO[C@H]1CNCC1NC(=O)c1ccc2c(c1)OCO2. The highest BCUT2D eigenvalue weighted by Gasteiger charge is 2.28. The third-order valence-electron chi connectivity index (χ3n) is 3.41. The first-order chi connectivity index (χ1) is 9.28. The van der Waals surface area contributed by atoms with Crippen molar-refractivity contribution in [3.8, 4) is 11.5 Å². The summed E-state index contributed by atoms with van der Waals surface area (Å²) in [6.45, 7) is 1.68. The summed E-state index contributed by atoms with van der Waals surface area (Å²) in [5, 5.41) is 6.15. The van der Waals surface area contributed by atoms with Gasteiger partial charge in [0.1, 0.15) is 0 Å². The van der Waals surface area contributed by atoms with Gasteiger partial charge in [-0.25, -0.2) is 0 Å². The molecule has 1 aromatic carbocycles. The smallest absolute Gasteiger partial charge is 0.251 e. The minimum Gasteiger partial charge on any atom is -0.454 e. The molecular weight excluding hydrogens is 248 g/mol. The molecule has 1 amide bonds. The van der Waals surface area contributed by atoms with E-state index < -0.39 is 0 Å². The molecule has 0 aromatic heterocycles. The van der Waals surface area contributed by atoms with E-state index in [1.165, 1.54) is 0 Å². The lowest BCUT2D eigenvalue weighted by Gasteiger charge is -2.18. The molecule has 2 N–H and O–H groups in total. The van der Waals surface area contributed by atoms with Gasteiger partial charge in [-0.1, -0.05) is 0 Å². The molecule has 19 heavy (non-hydrogen) atoms. The number of ether oxygens (including phenoxy) is 3. The highest BCUT2D eigenvalue weighted by Crippen LogP contribution is 2.32. The number of hydrogen-bond donors (Lipinski definition) is 2. The van der Waals surface area contributed by atoms with E-state index in [1.807, 2.05) is 0 Å². The lowest BCUT2D eigenvalue weighted by Crippen LogP contribution is -2.43. The van der Waals surface area contributed by atoms with Crippen molar-refractivity contribution in [3.63, 3.8) is 0 Å². The van der Waals surface area contributed by atoms with Gasteiger partial charge in [0, 0.05) is 25.8 Å². The standard InChI is InChI=1S/C13H16N2O4/c1-17-12-6-14-5-9(12)15-13(16)8-2-3-10-11(4-8)19-7-18-10/h2-4,9,12,14H,5-7H2,1H3,(H,15,16)/t9?,12-/m0/s1. The summed E-state index contributed by atoms with van der Waals surface area (Å²) in [6.07, 6.45) is 0.0120. The fourth-order valence-electron chi connectivity index (χ4n) is 2.34. The van der Waals surface area contributed by atoms with Crippen molar-refractivity contribution < 1.29 is 19.0 Å². The molecule has 102 valence electrons. The lowest BCUT2D eigenvalue weighted by molar-refractivity contribution is 0.0779. The Morgan fingerprint density at radius 2 is 2.21 bits per heavy atom. The fourth-order valence-corrected chi connectivity index (χ4v) is 2.34. The van der Waals surface area contributed by atoms with Gasteiger partial charge in [-0.05, 0) is 18.2 Å². The zero-order chi connectivity index (χ0) is 13.2. The van der Waals surface area contributed by atoms with Gasteiger partial charge in [-0.3, -0.25) is 4.79 Å². The zero-order valence-electron chi connectivity index (χ0n) is 10.6. The third kappa shape index (κ3) is 2.36. The lowest BCUT2D eigenvalue weighted by atomic mass is 10.1. The molecule has 0 saturated carbocycles. The van der Waals surface area contributed by atoms with Crippen molar-refractivity contribution in [2.45, 2.75) is 12.1 Å². The molecule has 1 fully saturated rings. The molecule has 6 heteroatoms. The third-order valence-corrected chi connectivity index (χ3v) is 3.41. The molecule has 0 aliphatic carbocycles. The van der Waals surface area contributed by atoms with Crippen LogP contribution in [0.25, 0.3) is 0 Å². The van der Waals surface area contributed by atoms with Gasteiger partial charge in [0.25, 0.3) is 5.91 Å². The van der Waals surface area contributed by atoms with Crippen molar-refractivity contribution >= 4 is 5.91 Å². The Labute approximate surface area is 111 Å². The van der Waals surface area contributed by atoms with E-state index in [-0.39, 0.29) is 24.8 Å². The Morgan fingerprint density at radius 1 is 1.37 bits per heavy atom. The van der Waals surface area contributed by atoms with E-state index in [0.717, 1.165) is 13.1 Å². The number of methoxy groups -OCH3 is 1. The van der Waals surface area contributed by atoms with Crippen molar-refractivity contribution in [1.82, 2.24) is 10.6 Å². The molecule has 2 atom stereocenters. The number of fused-ring (bicyclic) bond motifs is 1. The summed E-state index contributed by atoms with van der Waals surface area (Å²) < 4.78 is 15.8. The minimum atomic E-state index is -0.131. The average molecular weight is 264 g/mol. The molecule has 2 aliphatic rings. The van der Waals surface area contributed by atoms with Crippen LogP contribution in [0.15, 0.2) is 18.2 Å². The molecule has 0 spiro atoms. The average Bonchev–Trinajstić information content (AvgIpc) is 3.05. The Hall–Kier alpha value is -1.79. The first kappa shape index (κ1) is 12.3. The van der Waals surface area contributed by atoms with Gasteiger partial charge in [-0.2, -0.15) is 0 Å². The molecule has 3 rings (SSSR count). The molecule has 6 nitrogen and oxygen atoms in total. The molecule has 1 aromatic rings. The molecule has 2 aliphatic heterocycles. The number of carbonyl (C=O) groups is 1. The van der Waals surface area contributed by atoms with Crippen LogP contribution in [-0.2, 0) is 4.74 Å². The summed E-state index contributed by atoms with van der Waals surface area (Å²) in [5.41, 5.74) is 0.561. The quantitative estimate of drug-likeness (QED) is 0.812. The molecule has 2 heterocycles. The number of nitrogens with one attached hydrogen (secondary N) is 2. The van der Waals surface area contributed by atoms with Crippen LogP contribution < -0.4 is 20.1 Å². The Morgan fingerprint density at radius 3 is 3.05 bits per heavy atom. The summed E-state index contributed by atoms with van der Waals surface area (Å²) in [6, 6.07) is 5.16. The Kier molecular flexibility index (Phi) is 3.27. The van der Waals surface area contributed by atoms with Crippen LogP contribution in [-0.4, -0.2) is 45.0 Å². The van der Waals surface area contributed by atoms with E-state index in [2.05, 4.69) is 10.6 Å². The van der Waals surface area contributed by atoms with E-state index in [9.17, 15) is 4.79 Å². The van der Waals surface area contributed by atoms with Crippen LogP contribution in [0.1, 0.15) is 10.4 Å². The van der Waals surface area contributed by atoms with E-state index >= 15 is 0 Å². The van der Waals surface area contributed by atoms with Crippen LogP contribution in [0.5, 0.6) is 11.5 Å². The van der Waals surface area contributed by atoms with Crippen LogP contribution in [0.2, 0.25) is 0 Å². The van der Waals surface area contributed by atoms with Crippen LogP contribution in [0.3, 0.4) is 0 Å². The predicted molar refractivity (Wildman–Crippen MR) is 67.5 cm³/mol. The second kappa shape index (κ2) is 5.07. The maximum atomic E-state index is 12.2. The summed E-state index contributed by atoms with van der Waals surface area (Å²) in [4.78, 5) is 12.2. The highest BCUT2D eigenvalue weighted by atomic mass is 16.7. The van der Waals surface area contributed by atoms with Gasteiger partial charge in [0.05, 0.1) is 12.1 Å². The number of hydrogen-bond acceptors (Lipinski definition) is 5. The normalized spacial score (nSPS) is 24.5. The van der Waals surface area contributed by atoms with Crippen LogP contribution in [0.4, 0.5) is 0 Å². The monoisotopic (exact) mass is 264 g/mol. The van der Waals surface area contributed by atoms with Gasteiger partial charge < -0.3 is 24.8 Å². The maximum absolute atomic E-state index is 12.2. The fraction of sp³-hybridized carbons (Fsp3) is 0.462. The first-order valence-corrected chi connectivity index (χ1v) is 6.22. The number of amides is 1. The Bertz CT molecular complexity index is 492. The second-order valence-corrected chi connectivity index (χ2v) is 4.58. The summed E-state index contributed by atoms with van der Waals surface area (Å²) in [5.74, 6) is 1.16. The summed E-state index contributed by atoms with van der Waals surface area (Å²) >= 11 is 0. The van der Waals surface area contributed by atoms with E-state index in [4.69, 9.17) is 14.2 Å². The predicted octanol–water partition coefficient (Wildman–Crippen LogP) is 0.132. The molecule has 0 bridgehead atoms. The number of benzene rings is 1. The number of rotatable bonds is 3. The first-order valence-electron chi connectivity index (χ1n) is 6.22. The molecular formula is C13H16N2O4. The van der Waals surface area contributed by atoms with Crippen molar-refractivity contribution in [3.05, 3.63) is 23.8 Å². The Balaban J connectivity index is 1.70. The van der Waals surface area contributed by atoms with Gasteiger partial charge in [-0.15, -0.1) is 0 Å². The van der Waals surface area contributed by atoms with Crippen LogP contribution >= 0.6 is 0 Å². The van der Waals surface area contributed by atoms with Crippen molar-refractivity contribution in [2.24, 2.45) is 0 Å². The second-order valence-electron chi connectivity index (χ2n) is 4.58. The van der Waals surface area contributed by atoms with Gasteiger partial charge >= 0.3 is 0 Å². The summed E-state index contributed by atoms with van der Waals surface area (Å²) in [7, 11) is 1.65. The largest absolute Gasteiger partial charge is 0.454 e.